The molecule has 1 aromatic carbocycles. The maximum Gasteiger partial charge on any atom is 0.418 e. The van der Waals surface area contributed by atoms with Gasteiger partial charge in [-0.05, 0) is 30.9 Å². The summed E-state index contributed by atoms with van der Waals surface area (Å²) >= 11 is 1.53. The summed E-state index contributed by atoms with van der Waals surface area (Å²) in [6, 6.07) is 8.99. The average Bonchev–Trinajstić information content (AvgIpc) is 2.76. The number of carbonyl (C=O) groups excluding carboxylic acids is 1. The van der Waals surface area contributed by atoms with E-state index in [1.165, 1.54) is 35.5 Å². The number of anilines is 1. The molecule has 19 heavy (non-hydrogen) atoms. The van der Waals surface area contributed by atoms with Crippen molar-refractivity contribution < 1.29 is 9.53 Å². The van der Waals surface area contributed by atoms with Crippen LogP contribution < -0.4 is 10.1 Å². The molecule has 0 unspecified atom stereocenters. The predicted octanol–water partition coefficient (Wildman–Crippen LogP) is 4.02. The molecule has 1 aliphatic rings. The molecule has 0 bridgehead atoms. The molecule has 0 aliphatic heterocycles. The van der Waals surface area contributed by atoms with E-state index < -0.39 is 6.09 Å². The van der Waals surface area contributed by atoms with Gasteiger partial charge >= 0.3 is 6.09 Å². The lowest BCUT2D eigenvalue weighted by Crippen LogP contribution is -2.16. The summed E-state index contributed by atoms with van der Waals surface area (Å²) in [4.78, 5) is 17.1. The number of rotatable bonds is 3. The van der Waals surface area contributed by atoms with E-state index in [-0.39, 0.29) is 0 Å². The van der Waals surface area contributed by atoms with Gasteiger partial charge in [-0.15, -0.1) is 11.3 Å². The van der Waals surface area contributed by atoms with Gasteiger partial charge in [0.25, 0.3) is 0 Å². The largest absolute Gasteiger partial charge is 0.418 e. The second-order valence-corrected chi connectivity index (χ2v) is 5.59. The summed E-state index contributed by atoms with van der Waals surface area (Å²) in [5.74, 6) is 1.16. The number of thiazole rings is 1. The van der Waals surface area contributed by atoms with Gasteiger partial charge in [0.15, 0.2) is 5.13 Å². The molecular formula is C14H14N2O2S. The van der Waals surface area contributed by atoms with Crippen LogP contribution >= 0.6 is 11.3 Å². The van der Waals surface area contributed by atoms with Gasteiger partial charge in [0.2, 0.25) is 0 Å². The van der Waals surface area contributed by atoms with Gasteiger partial charge in [-0.2, -0.15) is 0 Å². The fourth-order valence-corrected chi connectivity index (χ4v) is 2.91. The fraction of sp³-hybridized carbons (Fsp3) is 0.286. The van der Waals surface area contributed by atoms with Crippen LogP contribution in [0.15, 0.2) is 36.5 Å². The Bertz CT molecular complexity index is 564. The molecule has 1 aromatic heterocycles. The van der Waals surface area contributed by atoms with Gasteiger partial charge in [0.05, 0.1) is 0 Å². The number of amides is 1. The molecule has 1 N–H and O–H groups in total. The Labute approximate surface area is 115 Å². The van der Waals surface area contributed by atoms with E-state index in [4.69, 9.17) is 4.74 Å². The van der Waals surface area contributed by atoms with Crippen molar-refractivity contribution in [3.05, 3.63) is 41.4 Å². The van der Waals surface area contributed by atoms with Gasteiger partial charge < -0.3 is 4.74 Å². The Morgan fingerprint density at radius 3 is 2.79 bits per heavy atom. The standard InChI is InChI=1S/C14H14N2O2S/c17-14(18-11-7-2-1-3-8-11)16-13-15-9-12(19-13)10-5-4-6-10/h1-3,7-10H,4-6H2,(H,15,16,17). The lowest BCUT2D eigenvalue weighted by atomic mass is 9.85. The lowest BCUT2D eigenvalue weighted by Gasteiger charge is -2.23. The third-order valence-corrected chi connectivity index (χ3v) is 4.27. The summed E-state index contributed by atoms with van der Waals surface area (Å²) in [6.45, 7) is 0. The Balaban J connectivity index is 1.58. The number of nitrogens with zero attached hydrogens (tertiary/aromatic N) is 1. The van der Waals surface area contributed by atoms with Crippen molar-refractivity contribution in [2.45, 2.75) is 25.2 Å². The van der Waals surface area contributed by atoms with E-state index in [1.807, 2.05) is 24.4 Å². The molecule has 1 fully saturated rings. The highest BCUT2D eigenvalue weighted by Gasteiger charge is 2.22. The van der Waals surface area contributed by atoms with Crippen molar-refractivity contribution in [3.8, 4) is 5.75 Å². The average molecular weight is 274 g/mol. The Kier molecular flexibility index (Phi) is 3.46. The molecule has 1 heterocycles. The smallest absolute Gasteiger partial charge is 0.410 e. The Morgan fingerprint density at radius 1 is 1.32 bits per heavy atom. The van der Waals surface area contributed by atoms with Gasteiger partial charge in [0, 0.05) is 11.1 Å². The fourth-order valence-electron chi connectivity index (χ4n) is 1.93. The molecule has 1 saturated carbocycles. The molecule has 1 aliphatic carbocycles. The monoisotopic (exact) mass is 274 g/mol. The molecular weight excluding hydrogens is 260 g/mol. The number of hydrogen-bond acceptors (Lipinski definition) is 4. The maximum atomic E-state index is 11.7. The third kappa shape index (κ3) is 2.93. The van der Waals surface area contributed by atoms with Gasteiger partial charge in [-0.25, -0.2) is 9.78 Å². The molecule has 0 saturated heterocycles. The molecule has 0 radical (unpaired) electrons. The van der Waals surface area contributed by atoms with E-state index in [0.29, 0.717) is 16.8 Å². The van der Waals surface area contributed by atoms with Crippen molar-refractivity contribution in [1.82, 2.24) is 4.98 Å². The zero-order valence-corrected chi connectivity index (χ0v) is 11.2. The summed E-state index contributed by atoms with van der Waals surface area (Å²) in [5, 5.41) is 3.26. The molecule has 98 valence electrons. The minimum atomic E-state index is -0.499. The van der Waals surface area contributed by atoms with Gasteiger partial charge in [0.1, 0.15) is 5.75 Å². The summed E-state index contributed by atoms with van der Waals surface area (Å²) in [6.07, 6.45) is 5.11. The molecule has 1 amide bonds. The van der Waals surface area contributed by atoms with Crippen molar-refractivity contribution in [3.63, 3.8) is 0 Å². The van der Waals surface area contributed by atoms with Crippen LogP contribution in [-0.2, 0) is 0 Å². The number of carbonyl (C=O) groups is 1. The third-order valence-electron chi connectivity index (χ3n) is 3.19. The minimum absolute atomic E-state index is 0.499. The van der Waals surface area contributed by atoms with Crippen LogP contribution in [0.2, 0.25) is 0 Å². The van der Waals surface area contributed by atoms with E-state index in [0.717, 1.165) is 0 Å². The van der Waals surface area contributed by atoms with Crippen LogP contribution in [0, 0.1) is 0 Å². The summed E-state index contributed by atoms with van der Waals surface area (Å²) < 4.78 is 5.14. The molecule has 3 rings (SSSR count). The number of para-hydroxylation sites is 1. The minimum Gasteiger partial charge on any atom is -0.410 e. The summed E-state index contributed by atoms with van der Waals surface area (Å²) in [7, 11) is 0. The second kappa shape index (κ2) is 5.40. The molecule has 0 spiro atoms. The predicted molar refractivity (Wildman–Crippen MR) is 74.8 cm³/mol. The van der Waals surface area contributed by atoms with Gasteiger partial charge in [-0.3, -0.25) is 5.32 Å². The molecule has 4 nitrogen and oxygen atoms in total. The zero-order chi connectivity index (χ0) is 13.1. The first-order chi connectivity index (χ1) is 9.31. The van der Waals surface area contributed by atoms with Crippen LogP contribution in [0.5, 0.6) is 5.75 Å². The highest BCUT2D eigenvalue weighted by atomic mass is 32.1. The van der Waals surface area contributed by atoms with Crippen LogP contribution in [0.3, 0.4) is 0 Å². The highest BCUT2D eigenvalue weighted by molar-refractivity contribution is 7.15. The Morgan fingerprint density at radius 2 is 2.11 bits per heavy atom. The number of aromatic nitrogens is 1. The van der Waals surface area contributed by atoms with Crippen LogP contribution in [0.4, 0.5) is 9.93 Å². The highest BCUT2D eigenvalue weighted by Crippen LogP contribution is 2.39. The molecule has 0 atom stereocenters. The lowest BCUT2D eigenvalue weighted by molar-refractivity contribution is 0.215. The van der Waals surface area contributed by atoms with Crippen molar-refractivity contribution in [1.29, 1.82) is 0 Å². The van der Waals surface area contributed by atoms with Gasteiger partial charge in [-0.1, -0.05) is 24.6 Å². The van der Waals surface area contributed by atoms with Crippen LogP contribution in [0.25, 0.3) is 0 Å². The molecule has 5 heteroatoms. The molecule has 2 aromatic rings. The first kappa shape index (κ1) is 12.2. The van der Waals surface area contributed by atoms with Crippen molar-refractivity contribution >= 4 is 22.6 Å². The topological polar surface area (TPSA) is 51.2 Å². The van der Waals surface area contributed by atoms with E-state index in [1.54, 1.807) is 12.1 Å². The van der Waals surface area contributed by atoms with Crippen molar-refractivity contribution in [2.24, 2.45) is 0 Å². The SMILES string of the molecule is O=C(Nc1ncc(C2CCC2)s1)Oc1ccccc1. The first-order valence-corrected chi connectivity index (χ1v) is 7.12. The second-order valence-electron chi connectivity index (χ2n) is 4.52. The Hall–Kier alpha value is -1.88. The normalized spacial score (nSPS) is 14.7. The quantitative estimate of drug-likeness (QED) is 0.919. The van der Waals surface area contributed by atoms with E-state index in [2.05, 4.69) is 10.3 Å². The number of hydrogen-bond donors (Lipinski definition) is 1. The maximum absolute atomic E-state index is 11.7. The number of ether oxygens (including phenoxy) is 1. The summed E-state index contributed by atoms with van der Waals surface area (Å²) in [5.41, 5.74) is 0. The van der Waals surface area contributed by atoms with Crippen molar-refractivity contribution in [2.75, 3.05) is 5.32 Å². The number of nitrogens with one attached hydrogen (secondary N) is 1. The number of benzene rings is 1. The van der Waals surface area contributed by atoms with Crippen LogP contribution in [-0.4, -0.2) is 11.1 Å². The zero-order valence-electron chi connectivity index (χ0n) is 10.3. The van der Waals surface area contributed by atoms with E-state index in [9.17, 15) is 4.79 Å². The first-order valence-electron chi connectivity index (χ1n) is 6.31. The van der Waals surface area contributed by atoms with Crippen LogP contribution in [0.1, 0.15) is 30.1 Å². The van der Waals surface area contributed by atoms with E-state index >= 15 is 0 Å².